The van der Waals surface area contributed by atoms with Crippen LogP contribution in [0.1, 0.15) is 40.0 Å². The van der Waals surface area contributed by atoms with Crippen LogP contribution in [0.3, 0.4) is 0 Å². The number of nitrogens with zero attached hydrogens (tertiary/aromatic N) is 1. The van der Waals surface area contributed by atoms with Gasteiger partial charge in [-0.3, -0.25) is 0 Å². The predicted molar refractivity (Wildman–Crippen MR) is 73.8 cm³/mol. The van der Waals surface area contributed by atoms with Crippen LogP contribution in [0, 0.1) is 17.8 Å². The summed E-state index contributed by atoms with van der Waals surface area (Å²) < 4.78 is 25.3. The molecule has 0 heterocycles. The zero-order chi connectivity index (χ0) is 14.1. The molecule has 0 spiro atoms. The highest BCUT2D eigenvalue weighted by molar-refractivity contribution is 7.89. The molecule has 1 rings (SSSR count). The number of rotatable bonds is 4. The summed E-state index contributed by atoms with van der Waals surface area (Å²) in [6.07, 6.45) is 2.58. The molecular weight excluding hydrogens is 250 g/mol. The fourth-order valence-electron chi connectivity index (χ4n) is 3.15. The fraction of sp³-hybridized carbons (Fsp3) is 1.00. The maximum absolute atomic E-state index is 12.0. The first kappa shape index (κ1) is 15.9. The van der Waals surface area contributed by atoms with Gasteiger partial charge in [-0.2, -0.15) is 0 Å². The Kier molecular flexibility index (Phi) is 4.84. The van der Waals surface area contributed by atoms with Gasteiger partial charge >= 0.3 is 0 Å². The third kappa shape index (κ3) is 3.45. The van der Waals surface area contributed by atoms with E-state index in [1.807, 2.05) is 0 Å². The van der Waals surface area contributed by atoms with Crippen molar-refractivity contribution in [3.8, 4) is 0 Å². The summed E-state index contributed by atoms with van der Waals surface area (Å²) >= 11 is 0. The summed E-state index contributed by atoms with van der Waals surface area (Å²) in [6, 6.07) is 0. The van der Waals surface area contributed by atoms with E-state index in [2.05, 4.69) is 20.8 Å². The molecule has 3 atom stereocenters. The van der Waals surface area contributed by atoms with Gasteiger partial charge in [0.15, 0.2) is 0 Å². The average Bonchev–Trinajstić information content (AvgIpc) is 2.14. The van der Waals surface area contributed by atoms with Crippen molar-refractivity contribution in [1.82, 2.24) is 4.31 Å². The van der Waals surface area contributed by atoms with E-state index in [0.717, 1.165) is 12.8 Å². The minimum atomic E-state index is -3.36. The molecule has 1 fully saturated rings. The standard InChI is InChI=1S/C13H27NO3S/c1-10(2)12-7-6-11(3)8-13(12,15)9-18(16,17)14(4)5/h10-12,15H,6-9H2,1-5H3/t11-,12+,13-/m1/s1. The lowest BCUT2D eigenvalue weighted by Gasteiger charge is -2.44. The molecule has 4 nitrogen and oxygen atoms in total. The number of hydrogen-bond acceptors (Lipinski definition) is 3. The second-order valence-electron chi connectivity index (χ2n) is 6.38. The Morgan fingerprint density at radius 3 is 2.33 bits per heavy atom. The molecule has 0 aliphatic heterocycles. The van der Waals surface area contributed by atoms with Crippen LogP contribution in [0.25, 0.3) is 0 Å². The third-order valence-corrected chi connectivity index (χ3v) is 6.13. The highest BCUT2D eigenvalue weighted by Gasteiger charge is 2.45. The Labute approximate surface area is 111 Å². The van der Waals surface area contributed by atoms with Crippen molar-refractivity contribution < 1.29 is 13.5 Å². The monoisotopic (exact) mass is 277 g/mol. The van der Waals surface area contributed by atoms with Crippen LogP contribution in [-0.2, 0) is 10.0 Å². The maximum Gasteiger partial charge on any atom is 0.216 e. The highest BCUT2D eigenvalue weighted by Crippen LogP contribution is 2.41. The first-order chi connectivity index (χ1) is 8.08. The minimum Gasteiger partial charge on any atom is -0.388 e. The van der Waals surface area contributed by atoms with Crippen molar-refractivity contribution in [3.05, 3.63) is 0 Å². The Hall–Kier alpha value is -0.130. The van der Waals surface area contributed by atoms with E-state index in [0.29, 0.717) is 18.3 Å². The summed E-state index contributed by atoms with van der Waals surface area (Å²) in [5.41, 5.74) is -1.07. The van der Waals surface area contributed by atoms with Crippen LogP contribution in [0.15, 0.2) is 0 Å². The predicted octanol–water partition coefficient (Wildman–Crippen LogP) is 1.70. The van der Waals surface area contributed by atoms with Crippen LogP contribution >= 0.6 is 0 Å². The summed E-state index contributed by atoms with van der Waals surface area (Å²) in [5, 5.41) is 10.9. The molecule has 1 saturated carbocycles. The van der Waals surface area contributed by atoms with E-state index in [9.17, 15) is 13.5 Å². The molecule has 1 N–H and O–H groups in total. The second kappa shape index (κ2) is 5.47. The average molecular weight is 277 g/mol. The Morgan fingerprint density at radius 1 is 1.33 bits per heavy atom. The molecule has 0 aromatic rings. The van der Waals surface area contributed by atoms with Gasteiger partial charge < -0.3 is 5.11 Å². The second-order valence-corrected chi connectivity index (χ2v) is 8.56. The highest BCUT2D eigenvalue weighted by atomic mass is 32.2. The normalized spacial score (nSPS) is 34.2. The van der Waals surface area contributed by atoms with Crippen molar-refractivity contribution in [2.45, 2.75) is 45.6 Å². The molecule has 0 unspecified atom stereocenters. The first-order valence-electron chi connectivity index (χ1n) is 6.71. The molecule has 0 saturated heterocycles. The molecule has 0 radical (unpaired) electrons. The zero-order valence-electron chi connectivity index (χ0n) is 12.2. The minimum absolute atomic E-state index is 0.0726. The molecule has 1 aliphatic rings. The van der Waals surface area contributed by atoms with Crippen LogP contribution in [0.5, 0.6) is 0 Å². The number of sulfonamides is 1. The lowest BCUT2D eigenvalue weighted by atomic mass is 9.68. The van der Waals surface area contributed by atoms with Gasteiger partial charge in [0.05, 0.1) is 11.4 Å². The number of hydrogen-bond donors (Lipinski definition) is 1. The van der Waals surface area contributed by atoms with Crippen LogP contribution in [0.4, 0.5) is 0 Å². The molecule has 108 valence electrons. The van der Waals surface area contributed by atoms with E-state index < -0.39 is 15.6 Å². The van der Waals surface area contributed by atoms with Crippen molar-refractivity contribution >= 4 is 10.0 Å². The Morgan fingerprint density at radius 2 is 1.89 bits per heavy atom. The van der Waals surface area contributed by atoms with Gasteiger partial charge in [0.2, 0.25) is 10.0 Å². The van der Waals surface area contributed by atoms with Crippen molar-refractivity contribution in [3.63, 3.8) is 0 Å². The fourth-order valence-corrected chi connectivity index (χ4v) is 4.38. The largest absolute Gasteiger partial charge is 0.388 e. The quantitative estimate of drug-likeness (QED) is 0.851. The molecule has 5 heteroatoms. The van der Waals surface area contributed by atoms with Crippen molar-refractivity contribution in [2.24, 2.45) is 17.8 Å². The maximum atomic E-state index is 12.0. The van der Waals surface area contributed by atoms with Crippen LogP contribution < -0.4 is 0 Å². The van der Waals surface area contributed by atoms with Crippen LogP contribution in [0.2, 0.25) is 0 Å². The molecule has 18 heavy (non-hydrogen) atoms. The van der Waals surface area contributed by atoms with Gasteiger partial charge in [0.25, 0.3) is 0 Å². The van der Waals surface area contributed by atoms with Gasteiger partial charge in [-0.25, -0.2) is 12.7 Å². The lowest BCUT2D eigenvalue weighted by Crippen LogP contribution is -2.52. The Bertz CT molecular complexity index is 378. The molecular formula is C13H27NO3S. The van der Waals surface area contributed by atoms with Crippen molar-refractivity contribution in [1.29, 1.82) is 0 Å². The van der Waals surface area contributed by atoms with E-state index in [-0.39, 0.29) is 11.7 Å². The van der Waals surface area contributed by atoms with E-state index in [1.54, 1.807) is 0 Å². The molecule has 0 aromatic heterocycles. The van der Waals surface area contributed by atoms with Gasteiger partial charge in [-0.05, 0) is 30.6 Å². The van der Waals surface area contributed by atoms with Gasteiger partial charge in [-0.1, -0.05) is 27.2 Å². The molecule has 1 aliphatic carbocycles. The molecule has 0 amide bonds. The summed E-state index contributed by atoms with van der Waals surface area (Å²) in [7, 11) is -0.317. The summed E-state index contributed by atoms with van der Waals surface area (Å²) in [6.45, 7) is 6.21. The first-order valence-corrected chi connectivity index (χ1v) is 8.32. The van der Waals surface area contributed by atoms with Gasteiger partial charge in [0, 0.05) is 14.1 Å². The van der Waals surface area contributed by atoms with E-state index in [1.165, 1.54) is 18.4 Å². The number of aliphatic hydroxyl groups is 1. The van der Waals surface area contributed by atoms with E-state index in [4.69, 9.17) is 0 Å². The summed E-state index contributed by atoms with van der Waals surface area (Å²) in [4.78, 5) is 0. The lowest BCUT2D eigenvalue weighted by molar-refractivity contribution is -0.0625. The smallest absolute Gasteiger partial charge is 0.216 e. The molecule has 0 aromatic carbocycles. The van der Waals surface area contributed by atoms with E-state index >= 15 is 0 Å². The van der Waals surface area contributed by atoms with Gasteiger partial charge in [-0.15, -0.1) is 0 Å². The molecule has 0 bridgehead atoms. The third-order valence-electron chi connectivity index (χ3n) is 4.16. The SMILES string of the molecule is CC(C)[C@@H]1CC[C@@H](C)C[C@@]1(O)CS(=O)(=O)N(C)C. The topological polar surface area (TPSA) is 57.6 Å². The van der Waals surface area contributed by atoms with Crippen molar-refractivity contribution in [2.75, 3.05) is 19.8 Å². The van der Waals surface area contributed by atoms with Crippen LogP contribution in [-0.4, -0.2) is 43.3 Å². The van der Waals surface area contributed by atoms with Gasteiger partial charge in [0.1, 0.15) is 0 Å². The zero-order valence-corrected chi connectivity index (χ0v) is 13.0. The Balaban J connectivity index is 2.98. The summed E-state index contributed by atoms with van der Waals surface area (Å²) in [5.74, 6) is 0.617.